The van der Waals surface area contributed by atoms with Gasteiger partial charge < -0.3 is 10.6 Å². The first-order valence-corrected chi connectivity index (χ1v) is 10.7. The lowest BCUT2D eigenvalue weighted by molar-refractivity contribution is 0.588. The van der Waals surface area contributed by atoms with E-state index >= 15 is 0 Å². The van der Waals surface area contributed by atoms with Crippen LogP contribution in [0.4, 0.5) is 0 Å². The molecule has 0 unspecified atom stereocenters. The summed E-state index contributed by atoms with van der Waals surface area (Å²) in [4.78, 5) is 5.70. The van der Waals surface area contributed by atoms with Crippen molar-refractivity contribution in [3.8, 4) is 0 Å². The van der Waals surface area contributed by atoms with Gasteiger partial charge in [0.2, 0.25) is 10.0 Å². The quantitative estimate of drug-likeness (QED) is 0.164. The van der Waals surface area contributed by atoms with Gasteiger partial charge in [0.1, 0.15) is 0 Å². The van der Waals surface area contributed by atoms with E-state index in [1.165, 1.54) is 11.9 Å². The molecule has 0 aromatic heterocycles. The van der Waals surface area contributed by atoms with Crippen molar-refractivity contribution in [1.29, 1.82) is 0 Å². The molecule has 3 N–H and O–H groups in total. The predicted molar refractivity (Wildman–Crippen MR) is 123 cm³/mol. The topological polar surface area (TPSA) is 82.6 Å². The Balaban J connectivity index is 0.00000364. The van der Waals surface area contributed by atoms with Gasteiger partial charge in [-0.2, -0.15) is 0 Å². The van der Waals surface area contributed by atoms with E-state index in [0.29, 0.717) is 12.5 Å². The van der Waals surface area contributed by atoms with Crippen LogP contribution in [-0.2, 0) is 16.6 Å². The van der Waals surface area contributed by atoms with E-state index in [-0.39, 0.29) is 28.9 Å². The van der Waals surface area contributed by atoms with Gasteiger partial charge in [-0.3, -0.25) is 4.99 Å². The maximum atomic E-state index is 11.7. The fourth-order valence-corrected chi connectivity index (χ4v) is 3.69. The minimum absolute atomic E-state index is 0. The molecule has 0 heterocycles. The third-order valence-corrected chi connectivity index (χ3v) is 6.04. The monoisotopic (exact) mass is 520 g/mol. The maximum Gasteiger partial charge on any atom is 0.240 e. The first-order chi connectivity index (χ1) is 12.5. The van der Waals surface area contributed by atoms with Gasteiger partial charge in [-0.15, -0.1) is 35.7 Å². The largest absolute Gasteiger partial charge is 0.356 e. The van der Waals surface area contributed by atoms with E-state index in [9.17, 15) is 8.42 Å². The van der Waals surface area contributed by atoms with Crippen LogP contribution in [0.25, 0.3) is 0 Å². The molecule has 0 aliphatic rings. The smallest absolute Gasteiger partial charge is 0.240 e. The average Bonchev–Trinajstić information content (AvgIpc) is 2.68. The number of benzene rings is 2. The summed E-state index contributed by atoms with van der Waals surface area (Å²) in [6.07, 6.45) is 0. The zero-order valence-corrected chi connectivity index (χ0v) is 19.3. The Hall–Kier alpha value is -1.30. The molecule has 0 amide bonds. The van der Waals surface area contributed by atoms with Crippen LogP contribution in [0.2, 0.25) is 0 Å². The van der Waals surface area contributed by atoms with Crippen molar-refractivity contribution in [2.45, 2.75) is 16.3 Å². The third kappa shape index (κ3) is 8.08. The van der Waals surface area contributed by atoms with Crippen molar-refractivity contribution in [2.24, 2.45) is 4.99 Å². The van der Waals surface area contributed by atoms with Crippen molar-refractivity contribution < 1.29 is 8.42 Å². The second-order valence-electron chi connectivity index (χ2n) is 5.37. The molecule has 27 heavy (non-hydrogen) atoms. The number of hydrogen-bond donors (Lipinski definition) is 3. The number of aliphatic imine (C=N–C) groups is 1. The van der Waals surface area contributed by atoms with Gasteiger partial charge in [-0.25, -0.2) is 13.1 Å². The zero-order valence-electron chi connectivity index (χ0n) is 15.3. The molecule has 0 aliphatic carbocycles. The van der Waals surface area contributed by atoms with Crippen LogP contribution < -0.4 is 15.4 Å². The fraction of sp³-hybridized carbons (Fsp3) is 0.278. The summed E-state index contributed by atoms with van der Waals surface area (Å²) >= 11 is 1.79. The SMILES string of the molecule is CN=C(NCCSc1ccccc1)NCc1ccc(S(=O)(=O)NC)cc1.I. The van der Waals surface area contributed by atoms with E-state index in [1.54, 1.807) is 43.1 Å². The molecule has 148 valence electrons. The highest BCUT2D eigenvalue weighted by Crippen LogP contribution is 2.15. The molecule has 9 heteroatoms. The molecule has 0 aliphatic heterocycles. The second kappa shape index (κ2) is 12.2. The van der Waals surface area contributed by atoms with Gasteiger partial charge in [-0.05, 0) is 36.9 Å². The number of sulfonamides is 1. The number of nitrogens with zero attached hydrogens (tertiary/aromatic N) is 1. The third-order valence-electron chi connectivity index (χ3n) is 3.59. The second-order valence-corrected chi connectivity index (χ2v) is 8.42. The molecule has 0 spiro atoms. The van der Waals surface area contributed by atoms with Crippen LogP contribution in [0.1, 0.15) is 5.56 Å². The van der Waals surface area contributed by atoms with Crippen LogP contribution in [0.3, 0.4) is 0 Å². The summed E-state index contributed by atoms with van der Waals surface area (Å²) < 4.78 is 25.7. The van der Waals surface area contributed by atoms with Crippen LogP contribution >= 0.6 is 35.7 Å². The van der Waals surface area contributed by atoms with Gasteiger partial charge in [-0.1, -0.05) is 30.3 Å². The Bertz CT molecular complexity index is 813. The summed E-state index contributed by atoms with van der Waals surface area (Å²) in [5.74, 6) is 1.65. The van der Waals surface area contributed by atoms with Gasteiger partial charge in [0.15, 0.2) is 5.96 Å². The van der Waals surface area contributed by atoms with E-state index < -0.39 is 10.0 Å². The van der Waals surface area contributed by atoms with E-state index in [1.807, 2.05) is 18.2 Å². The number of rotatable bonds is 8. The molecule has 0 radical (unpaired) electrons. The molecule has 0 fully saturated rings. The minimum atomic E-state index is -3.40. The van der Waals surface area contributed by atoms with Gasteiger partial charge in [0, 0.05) is 30.8 Å². The van der Waals surface area contributed by atoms with Crippen LogP contribution in [0.5, 0.6) is 0 Å². The van der Waals surface area contributed by atoms with Crippen molar-refractivity contribution >= 4 is 51.7 Å². The lowest BCUT2D eigenvalue weighted by Crippen LogP contribution is -2.37. The highest BCUT2D eigenvalue weighted by atomic mass is 127. The Morgan fingerprint density at radius 3 is 2.30 bits per heavy atom. The Labute approximate surface area is 182 Å². The maximum absolute atomic E-state index is 11.7. The van der Waals surface area contributed by atoms with Crippen LogP contribution in [0.15, 0.2) is 69.4 Å². The van der Waals surface area contributed by atoms with Crippen molar-refractivity contribution in [3.63, 3.8) is 0 Å². The van der Waals surface area contributed by atoms with Crippen molar-refractivity contribution in [2.75, 3.05) is 26.4 Å². The molecule has 0 saturated carbocycles. The number of nitrogens with one attached hydrogen (secondary N) is 3. The summed E-state index contributed by atoms with van der Waals surface area (Å²) in [5.41, 5.74) is 0.974. The van der Waals surface area contributed by atoms with E-state index in [0.717, 1.165) is 17.9 Å². The number of thioether (sulfide) groups is 1. The molecule has 2 aromatic carbocycles. The Morgan fingerprint density at radius 1 is 1.04 bits per heavy atom. The summed E-state index contributed by atoms with van der Waals surface area (Å²) in [5, 5.41) is 6.49. The predicted octanol–water partition coefficient (Wildman–Crippen LogP) is 2.67. The van der Waals surface area contributed by atoms with E-state index in [4.69, 9.17) is 0 Å². The van der Waals surface area contributed by atoms with Crippen molar-refractivity contribution in [3.05, 3.63) is 60.2 Å². The molecule has 2 rings (SSSR count). The lowest BCUT2D eigenvalue weighted by atomic mass is 10.2. The van der Waals surface area contributed by atoms with Gasteiger partial charge >= 0.3 is 0 Å². The molecule has 2 aromatic rings. The van der Waals surface area contributed by atoms with Gasteiger partial charge in [0.25, 0.3) is 0 Å². The van der Waals surface area contributed by atoms with Crippen molar-refractivity contribution in [1.82, 2.24) is 15.4 Å². The summed E-state index contributed by atoms with van der Waals surface area (Å²) in [6, 6.07) is 17.0. The molecule has 0 bridgehead atoms. The zero-order chi connectivity index (χ0) is 18.8. The molecular formula is C18H25IN4O2S2. The highest BCUT2D eigenvalue weighted by molar-refractivity contribution is 14.0. The van der Waals surface area contributed by atoms with Crippen LogP contribution in [-0.4, -0.2) is 40.8 Å². The Kier molecular flexibility index (Phi) is 10.7. The standard InChI is InChI=1S/C18H24N4O2S2.HI/c1-19-18(21-12-13-25-16-6-4-3-5-7-16)22-14-15-8-10-17(11-9-15)26(23,24)20-2;/h3-11,20H,12-14H2,1-2H3,(H2,19,21,22);1H. The average molecular weight is 520 g/mol. The normalized spacial score (nSPS) is 11.6. The Morgan fingerprint density at radius 2 is 1.70 bits per heavy atom. The van der Waals surface area contributed by atoms with Gasteiger partial charge in [0.05, 0.1) is 4.90 Å². The molecular weight excluding hydrogens is 495 g/mol. The minimum Gasteiger partial charge on any atom is -0.356 e. The first-order valence-electron chi connectivity index (χ1n) is 8.20. The number of hydrogen-bond acceptors (Lipinski definition) is 4. The number of guanidine groups is 1. The molecule has 0 atom stereocenters. The van der Waals surface area contributed by atoms with Crippen LogP contribution in [0, 0.1) is 0 Å². The fourth-order valence-electron chi connectivity index (χ4n) is 2.17. The highest BCUT2D eigenvalue weighted by Gasteiger charge is 2.10. The summed E-state index contributed by atoms with van der Waals surface area (Å²) in [7, 11) is -0.274. The molecule has 6 nitrogen and oxygen atoms in total. The molecule has 0 saturated heterocycles. The number of halogens is 1. The first kappa shape index (κ1) is 23.7. The van der Waals surface area contributed by atoms with E-state index in [2.05, 4.69) is 32.5 Å². The lowest BCUT2D eigenvalue weighted by Gasteiger charge is -2.12. The summed E-state index contributed by atoms with van der Waals surface area (Å²) in [6.45, 7) is 1.35.